The molecule has 0 spiro atoms. The van der Waals surface area contributed by atoms with Gasteiger partial charge in [0.15, 0.2) is 28.6 Å². The molecule has 0 aliphatic carbocycles. The quantitative estimate of drug-likeness (QED) is 0.311. The number of fused-ring (bicyclic) bond motifs is 1. The molecule has 0 bridgehead atoms. The van der Waals surface area contributed by atoms with Crippen LogP contribution < -0.4 is 14.2 Å². The van der Waals surface area contributed by atoms with Crippen LogP contribution in [0.5, 0.6) is 17.2 Å². The van der Waals surface area contributed by atoms with Gasteiger partial charge in [-0.15, -0.1) is 16.8 Å². The Kier molecular flexibility index (Phi) is 6.05. The fraction of sp³-hybridized carbons (Fsp3) is 0.273. The number of rotatable bonds is 8. The molecule has 0 N–H and O–H groups in total. The standard InChI is InChI=1S/C22H23N3O3S/c1-3-12-25-21(20-15-27-18-6-4-5-7-19(18)28-20)23-24-22(25)29-14-13-26-17-10-8-16(2)9-11-17/h3-11,20H,1,12-15H2,2H3/t20-/m0/s1. The minimum absolute atomic E-state index is 0.310. The second-order valence-electron chi connectivity index (χ2n) is 6.61. The largest absolute Gasteiger partial charge is 0.493 e. The molecule has 3 aromatic rings. The van der Waals surface area contributed by atoms with Gasteiger partial charge in [-0.2, -0.15) is 0 Å². The van der Waals surface area contributed by atoms with Crippen molar-refractivity contribution in [3.63, 3.8) is 0 Å². The Labute approximate surface area is 174 Å². The first-order valence-corrected chi connectivity index (χ1v) is 10.5. The van der Waals surface area contributed by atoms with Crippen molar-refractivity contribution in [1.82, 2.24) is 14.8 Å². The Morgan fingerprint density at radius 1 is 1.17 bits per heavy atom. The third kappa shape index (κ3) is 4.56. The number of nitrogens with zero attached hydrogens (tertiary/aromatic N) is 3. The van der Waals surface area contributed by atoms with Crippen molar-refractivity contribution < 1.29 is 14.2 Å². The molecule has 29 heavy (non-hydrogen) atoms. The summed E-state index contributed by atoms with van der Waals surface area (Å²) in [6.07, 6.45) is 1.52. The number of aromatic nitrogens is 3. The number of ether oxygens (including phenoxy) is 3. The average molecular weight is 410 g/mol. The van der Waals surface area contributed by atoms with Crippen molar-refractivity contribution in [2.24, 2.45) is 0 Å². The maximum Gasteiger partial charge on any atom is 0.192 e. The molecule has 0 radical (unpaired) electrons. The number of hydrogen-bond donors (Lipinski definition) is 0. The summed E-state index contributed by atoms with van der Waals surface area (Å²) in [6.45, 7) is 7.50. The van der Waals surface area contributed by atoms with Crippen LogP contribution in [-0.4, -0.2) is 33.7 Å². The van der Waals surface area contributed by atoms with Crippen LogP contribution in [0.25, 0.3) is 0 Å². The minimum Gasteiger partial charge on any atom is -0.493 e. The average Bonchev–Trinajstić information content (AvgIpc) is 3.15. The molecule has 1 aliphatic heterocycles. The molecule has 1 aromatic heterocycles. The lowest BCUT2D eigenvalue weighted by Gasteiger charge is -2.26. The predicted octanol–water partition coefficient (Wildman–Crippen LogP) is 4.46. The van der Waals surface area contributed by atoms with E-state index in [1.54, 1.807) is 11.8 Å². The van der Waals surface area contributed by atoms with Gasteiger partial charge < -0.3 is 14.2 Å². The molecule has 1 aliphatic rings. The van der Waals surface area contributed by atoms with E-state index in [1.807, 2.05) is 59.2 Å². The molecule has 2 heterocycles. The zero-order chi connectivity index (χ0) is 20.1. The van der Waals surface area contributed by atoms with Gasteiger partial charge in [0.05, 0.1) is 6.61 Å². The van der Waals surface area contributed by atoms with E-state index in [2.05, 4.69) is 23.7 Å². The third-order valence-corrected chi connectivity index (χ3v) is 5.39. The van der Waals surface area contributed by atoms with Gasteiger partial charge in [0.2, 0.25) is 0 Å². The fourth-order valence-corrected chi connectivity index (χ4v) is 3.79. The van der Waals surface area contributed by atoms with Crippen LogP contribution in [0.2, 0.25) is 0 Å². The Hall–Kier alpha value is -2.93. The lowest BCUT2D eigenvalue weighted by molar-refractivity contribution is 0.0821. The highest BCUT2D eigenvalue weighted by Gasteiger charge is 2.28. The monoisotopic (exact) mass is 409 g/mol. The molecule has 0 saturated carbocycles. The smallest absolute Gasteiger partial charge is 0.192 e. The van der Waals surface area contributed by atoms with Crippen LogP contribution in [0.15, 0.2) is 66.3 Å². The van der Waals surface area contributed by atoms with E-state index in [0.29, 0.717) is 19.8 Å². The van der Waals surface area contributed by atoms with Gasteiger partial charge in [-0.05, 0) is 31.2 Å². The number of hydrogen-bond acceptors (Lipinski definition) is 6. The van der Waals surface area contributed by atoms with E-state index in [-0.39, 0.29) is 6.10 Å². The summed E-state index contributed by atoms with van der Waals surface area (Å²) >= 11 is 1.60. The van der Waals surface area contributed by atoms with E-state index in [9.17, 15) is 0 Å². The number of thioether (sulfide) groups is 1. The zero-order valence-electron chi connectivity index (χ0n) is 16.3. The van der Waals surface area contributed by atoms with Crippen LogP contribution in [0, 0.1) is 6.92 Å². The predicted molar refractivity (Wildman–Crippen MR) is 113 cm³/mol. The summed E-state index contributed by atoms with van der Waals surface area (Å²) in [5.74, 6) is 3.84. The van der Waals surface area contributed by atoms with E-state index < -0.39 is 0 Å². The Bertz CT molecular complexity index is 972. The highest BCUT2D eigenvalue weighted by molar-refractivity contribution is 7.99. The molecule has 2 aromatic carbocycles. The number of allylic oxidation sites excluding steroid dienone is 1. The molecule has 7 heteroatoms. The van der Waals surface area contributed by atoms with Crippen LogP contribution in [-0.2, 0) is 6.54 Å². The van der Waals surface area contributed by atoms with Crippen LogP contribution in [0.1, 0.15) is 17.5 Å². The van der Waals surface area contributed by atoms with Crippen molar-refractivity contribution in [3.05, 3.63) is 72.6 Å². The van der Waals surface area contributed by atoms with Gasteiger partial charge in [0.1, 0.15) is 12.4 Å². The molecular weight excluding hydrogens is 386 g/mol. The molecule has 0 unspecified atom stereocenters. The van der Waals surface area contributed by atoms with Crippen molar-refractivity contribution >= 4 is 11.8 Å². The normalized spacial score (nSPS) is 15.1. The minimum atomic E-state index is -0.310. The van der Waals surface area contributed by atoms with Gasteiger partial charge in [-0.25, -0.2) is 0 Å². The van der Waals surface area contributed by atoms with Crippen molar-refractivity contribution in [1.29, 1.82) is 0 Å². The zero-order valence-corrected chi connectivity index (χ0v) is 17.1. The van der Waals surface area contributed by atoms with Gasteiger partial charge >= 0.3 is 0 Å². The third-order valence-electron chi connectivity index (χ3n) is 4.46. The van der Waals surface area contributed by atoms with Crippen LogP contribution in [0.4, 0.5) is 0 Å². The Morgan fingerprint density at radius 2 is 1.97 bits per heavy atom. The summed E-state index contributed by atoms with van der Waals surface area (Å²) in [7, 11) is 0. The molecule has 150 valence electrons. The van der Waals surface area contributed by atoms with E-state index in [4.69, 9.17) is 14.2 Å². The van der Waals surface area contributed by atoms with Crippen molar-refractivity contribution in [2.45, 2.75) is 24.7 Å². The first-order chi connectivity index (χ1) is 14.2. The van der Waals surface area contributed by atoms with E-state index in [0.717, 1.165) is 34.0 Å². The molecule has 1 atom stereocenters. The Balaban J connectivity index is 1.40. The molecule has 0 saturated heterocycles. The van der Waals surface area contributed by atoms with E-state index in [1.165, 1.54) is 5.56 Å². The first-order valence-electron chi connectivity index (χ1n) is 9.49. The first kappa shape index (κ1) is 19.4. The molecule has 4 rings (SSSR count). The molecule has 6 nitrogen and oxygen atoms in total. The van der Waals surface area contributed by atoms with Crippen LogP contribution >= 0.6 is 11.8 Å². The summed E-state index contributed by atoms with van der Waals surface area (Å²) in [5.41, 5.74) is 1.22. The number of para-hydroxylation sites is 2. The van der Waals surface area contributed by atoms with Crippen molar-refractivity contribution in [2.75, 3.05) is 19.0 Å². The second-order valence-corrected chi connectivity index (χ2v) is 7.68. The SMILES string of the molecule is C=CCn1c(SCCOc2ccc(C)cc2)nnc1[C@@H]1COc2ccccc2O1. The molecular formula is C22H23N3O3S. The summed E-state index contributed by atoms with van der Waals surface area (Å²) in [4.78, 5) is 0. The topological polar surface area (TPSA) is 58.4 Å². The summed E-state index contributed by atoms with van der Waals surface area (Å²) in [6, 6.07) is 15.7. The van der Waals surface area contributed by atoms with Gasteiger partial charge in [-0.1, -0.05) is 47.7 Å². The van der Waals surface area contributed by atoms with E-state index >= 15 is 0 Å². The maximum absolute atomic E-state index is 6.09. The number of benzene rings is 2. The van der Waals surface area contributed by atoms with Gasteiger partial charge in [0.25, 0.3) is 0 Å². The molecule has 0 amide bonds. The highest BCUT2D eigenvalue weighted by Crippen LogP contribution is 2.36. The molecule has 0 fully saturated rings. The summed E-state index contributed by atoms with van der Waals surface area (Å²) in [5, 5.41) is 9.55. The lowest BCUT2D eigenvalue weighted by atomic mass is 10.2. The van der Waals surface area contributed by atoms with Crippen LogP contribution in [0.3, 0.4) is 0 Å². The van der Waals surface area contributed by atoms with Crippen molar-refractivity contribution in [3.8, 4) is 17.2 Å². The summed E-state index contributed by atoms with van der Waals surface area (Å²) < 4.78 is 19.7. The lowest BCUT2D eigenvalue weighted by Crippen LogP contribution is -2.25. The van der Waals surface area contributed by atoms with Gasteiger partial charge in [-0.3, -0.25) is 4.57 Å². The second kappa shape index (κ2) is 9.05. The number of aryl methyl sites for hydroxylation is 1. The Morgan fingerprint density at radius 3 is 2.76 bits per heavy atom. The highest BCUT2D eigenvalue weighted by atomic mass is 32.2. The fourth-order valence-electron chi connectivity index (χ4n) is 3.02. The van der Waals surface area contributed by atoms with Gasteiger partial charge in [0, 0.05) is 12.3 Å². The maximum atomic E-state index is 6.09.